The maximum atomic E-state index is 3.98. The fourth-order valence-corrected chi connectivity index (χ4v) is 1.13. The lowest BCUT2D eigenvalue weighted by atomic mass is 10.3. The molecular weight excluding hydrogens is 206 g/mol. The van der Waals surface area contributed by atoms with E-state index in [9.17, 15) is 0 Å². The van der Waals surface area contributed by atoms with Crippen molar-refractivity contribution in [3.63, 3.8) is 0 Å². The highest BCUT2D eigenvalue weighted by molar-refractivity contribution is 5.24. The third kappa shape index (κ3) is 9.31. The maximum absolute atomic E-state index is 3.98. The van der Waals surface area contributed by atoms with Crippen LogP contribution in [-0.2, 0) is 0 Å². The minimum absolute atomic E-state index is 1.07. The van der Waals surface area contributed by atoms with Gasteiger partial charge in [0.1, 0.15) is 0 Å². The first-order valence-electron chi connectivity index (χ1n) is 6.16. The normalized spacial score (nSPS) is 12.4. The summed E-state index contributed by atoms with van der Waals surface area (Å²) in [5.74, 6) is 0. The lowest BCUT2D eigenvalue weighted by Crippen LogP contribution is -1.72. The van der Waals surface area contributed by atoms with Gasteiger partial charge in [-0.1, -0.05) is 55.9 Å². The van der Waals surface area contributed by atoms with Crippen molar-refractivity contribution in [2.24, 2.45) is 0 Å². The summed E-state index contributed by atoms with van der Waals surface area (Å²) in [6.45, 7) is 8.08. The summed E-state index contributed by atoms with van der Waals surface area (Å²) >= 11 is 0. The molecule has 0 bridgehead atoms. The van der Waals surface area contributed by atoms with E-state index in [-0.39, 0.29) is 0 Å². The molecule has 0 atom stereocenters. The number of allylic oxidation sites excluding steroid dienone is 6. The molecule has 0 amide bonds. The zero-order chi connectivity index (χ0) is 12.9. The SMILES string of the molecule is CC.CC1=CC=CCC=C1.Cc1ccccn1. The molecule has 0 aromatic carbocycles. The van der Waals surface area contributed by atoms with Crippen LogP contribution in [0.2, 0.25) is 0 Å². The Morgan fingerprint density at radius 3 is 2.35 bits per heavy atom. The third-order valence-corrected chi connectivity index (χ3v) is 1.96. The van der Waals surface area contributed by atoms with Crippen molar-refractivity contribution in [2.45, 2.75) is 34.1 Å². The highest BCUT2D eigenvalue weighted by Crippen LogP contribution is 2.01. The monoisotopic (exact) mass is 229 g/mol. The van der Waals surface area contributed by atoms with Gasteiger partial charge in [-0.15, -0.1) is 0 Å². The van der Waals surface area contributed by atoms with Crippen LogP contribution in [0.3, 0.4) is 0 Å². The van der Waals surface area contributed by atoms with Crippen molar-refractivity contribution < 1.29 is 0 Å². The van der Waals surface area contributed by atoms with Crippen LogP contribution in [0.1, 0.15) is 32.9 Å². The number of pyridine rings is 1. The zero-order valence-corrected chi connectivity index (χ0v) is 11.4. The molecule has 0 saturated heterocycles. The largest absolute Gasteiger partial charge is 0.262 e. The second-order valence-corrected chi connectivity index (χ2v) is 3.45. The summed E-state index contributed by atoms with van der Waals surface area (Å²) in [6, 6.07) is 5.86. The second kappa shape index (κ2) is 10.9. The van der Waals surface area contributed by atoms with E-state index >= 15 is 0 Å². The summed E-state index contributed by atoms with van der Waals surface area (Å²) in [5, 5.41) is 0. The van der Waals surface area contributed by atoms with E-state index in [0.29, 0.717) is 0 Å². The molecule has 0 unspecified atom stereocenters. The van der Waals surface area contributed by atoms with Crippen LogP contribution < -0.4 is 0 Å². The molecule has 1 aliphatic carbocycles. The van der Waals surface area contributed by atoms with E-state index in [1.54, 1.807) is 6.20 Å². The smallest absolute Gasteiger partial charge is 0.0372 e. The van der Waals surface area contributed by atoms with Gasteiger partial charge in [-0.2, -0.15) is 0 Å². The van der Waals surface area contributed by atoms with Gasteiger partial charge in [0.05, 0.1) is 0 Å². The highest BCUT2D eigenvalue weighted by atomic mass is 14.6. The molecule has 0 saturated carbocycles. The topological polar surface area (TPSA) is 12.9 Å². The van der Waals surface area contributed by atoms with Crippen LogP contribution in [-0.4, -0.2) is 4.98 Å². The fraction of sp³-hybridized carbons (Fsp3) is 0.312. The van der Waals surface area contributed by atoms with Gasteiger partial charge in [0.15, 0.2) is 0 Å². The van der Waals surface area contributed by atoms with Gasteiger partial charge in [0, 0.05) is 11.9 Å². The summed E-state index contributed by atoms with van der Waals surface area (Å²) in [4.78, 5) is 3.98. The molecule has 2 rings (SSSR count). The highest BCUT2D eigenvalue weighted by Gasteiger charge is 1.80. The second-order valence-electron chi connectivity index (χ2n) is 3.45. The number of nitrogens with zero attached hydrogens (tertiary/aromatic N) is 1. The van der Waals surface area contributed by atoms with Gasteiger partial charge in [-0.3, -0.25) is 4.98 Å². The first-order valence-corrected chi connectivity index (χ1v) is 6.16. The molecule has 1 aromatic rings. The lowest BCUT2D eigenvalue weighted by molar-refractivity contribution is 1.20. The first-order chi connectivity index (χ1) is 8.29. The molecule has 1 aromatic heterocycles. The Kier molecular flexibility index (Phi) is 9.83. The Labute approximate surface area is 106 Å². The van der Waals surface area contributed by atoms with E-state index in [0.717, 1.165) is 12.1 Å². The van der Waals surface area contributed by atoms with E-state index in [4.69, 9.17) is 0 Å². The van der Waals surface area contributed by atoms with E-state index < -0.39 is 0 Å². The molecule has 0 N–H and O–H groups in total. The van der Waals surface area contributed by atoms with Gasteiger partial charge in [-0.05, 0) is 32.4 Å². The van der Waals surface area contributed by atoms with E-state index in [1.807, 2.05) is 39.0 Å². The van der Waals surface area contributed by atoms with Crippen molar-refractivity contribution in [1.82, 2.24) is 4.98 Å². The molecule has 0 spiro atoms. The molecule has 17 heavy (non-hydrogen) atoms. The fourth-order valence-electron chi connectivity index (χ4n) is 1.13. The molecular formula is C16H23N. The van der Waals surface area contributed by atoms with Crippen LogP contribution in [0.25, 0.3) is 0 Å². The van der Waals surface area contributed by atoms with Crippen molar-refractivity contribution >= 4 is 0 Å². The van der Waals surface area contributed by atoms with Gasteiger partial charge < -0.3 is 0 Å². The number of aryl methyl sites for hydroxylation is 1. The quantitative estimate of drug-likeness (QED) is 0.618. The lowest BCUT2D eigenvalue weighted by Gasteiger charge is -1.82. The van der Waals surface area contributed by atoms with Gasteiger partial charge in [0.25, 0.3) is 0 Å². The predicted octanol–water partition coefficient (Wildman–Crippen LogP) is 4.87. The third-order valence-electron chi connectivity index (χ3n) is 1.96. The Balaban J connectivity index is 0.000000265. The first kappa shape index (κ1) is 15.4. The maximum Gasteiger partial charge on any atom is 0.0372 e. The Morgan fingerprint density at radius 1 is 1.06 bits per heavy atom. The number of rotatable bonds is 0. The molecule has 1 aliphatic rings. The van der Waals surface area contributed by atoms with Crippen LogP contribution in [0.15, 0.2) is 60.3 Å². The number of aromatic nitrogens is 1. The summed E-state index contributed by atoms with van der Waals surface area (Å²) < 4.78 is 0. The average molecular weight is 229 g/mol. The number of hydrogen-bond donors (Lipinski definition) is 0. The molecule has 1 nitrogen and oxygen atoms in total. The average Bonchev–Trinajstić information content (AvgIpc) is 2.61. The molecule has 0 fully saturated rings. The minimum atomic E-state index is 1.07. The van der Waals surface area contributed by atoms with Crippen LogP contribution in [0.5, 0.6) is 0 Å². The van der Waals surface area contributed by atoms with Crippen LogP contribution >= 0.6 is 0 Å². The van der Waals surface area contributed by atoms with Crippen molar-refractivity contribution in [3.05, 3.63) is 66.0 Å². The van der Waals surface area contributed by atoms with E-state index in [2.05, 4.69) is 42.3 Å². The molecule has 1 heteroatoms. The molecule has 92 valence electrons. The van der Waals surface area contributed by atoms with Crippen molar-refractivity contribution in [1.29, 1.82) is 0 Å². The standard InChI is InChI=1S/C8H10.C6H7N.C2H6/c1-8-6-4-2-3-5-7-8;1-6-4-2-3-5-7-6;1-2/h2,4-7H,3H2,1H3;2-5H,1H3;1-2H3. The molecule has 1 heterocycles. The summed E-state index contributed by atoms with van der Waals surface area (Å²) in [6.07, 6.45) is 13.5. The predicted molar refractivity (Wildman–Crippen MR) is 77.0 cm³/mol. The minimum Gasteiger partial charge on any atom is -0.262 e. The molecule has 0 radical (unpaired) electrons. The van der Waals surface area contributed by atoms with Gasteiger partial charge in [-0.25, -0.2) is 0 Å². The summed E-state index contributed by atoms with van der Waals surface area (Å²) in [5.41, 5.74) is 2.40. The van der Waals surface area contributed by atoms with Gasteiger partial charge >= 0.3 is 0 Å². The number of hydrogen-bond acceptors (Lipinski definition) is 1. The zero-order valence-electron chi connectivity index (χ0n) is 11.4. The van der Waals surface area contributed by atoms with Crippen molar-refractivity contribution in [2.75, 3.05) is 0 Å². The van der Waals surface area contributed by atoms with Crippen molar-refractivity contribution in [3.8, 4) is 0 Å². The summed E-state index contributed by atoms with van der Waals surface area (Å²) in [7, 11) is 0. The Hall–Kier alpha value is -1.63. The Morgan fingerprint density at radius 2 is 1.82 bits per heavy atom. The van der Waals surface area contributed by atoms with Gasteiger partial charge in [0.2, 0.25) is 0 Å². The van der Waals surface area contributed by atoms with Crippen LogP contribution in [0.4, 0.5) is 0 Å². The van der Waals surface area contributed by atoms with Crippen LogP contribution in [0, 0.1) is 6.92 Å². The van der Waals surface area contributed by atoms with E-state index in [1.165, 1.54) is 5.57 Å². The Bertz CT molecular complexity index is 358. The molecule has 0 aliphatic heterocycles.